The van der Waals surface area contributed by atoms with Gasteiger partial charge in [-0.2, -0.15) is 5.10 Å². The fourth-order valence-corrected chi connectivity index (χ4v) is 8.97. The maximum atomic E-state index is 13.5. The van der Waals surface area contributed by atoms with Crippen LogP contribution >= 0.6 is 0 Å². The normalized spacial score (nSPS) is 23.2. The minimum absolute atomic E-state index is 0.0370. The number of ether oxygens (including phenoxy) is 1. The molecule has 0 radical (unpaired) electrons. The first kappa shape index (κ1) is 26.5. The molecule has 3 aromatic heterocycles. The zero-order valence-corrected chi connectivity index (χ0v) is 25.0. The van der Waals surface area contributed by atoms with Crippen molar-refractivity contribution in [1.29, 1.82) is 0 Å². The van der Waals surface area contributed by atoms with Crippen LogP contribution in [0.4, 0.5) is 5.82 Å². The molecule has 11 nitrogen and oxygen atoms in total. The molecule has 3 saturated carbocycles. The predicted octanol–water partition coefficient (Wildman–Crippen LogP) is 3.62. The molecule has 3 aliphatic carbocycles. The minimum atomic E-state index is -4.14. The van der Waals surface area contributed by atoms with Gasteiger partial charge < -0.3 is 9.64 Å². The standard InChI is InChI=1S/C29H37N7O4S/c1-18-14-27(3,4)35(15-18)25-20(26(37)33-41(38,39)21-16-34(5)31-19(21)2)6-7-23(30-25)36-13-8-24(32-36)40-17-22-28(9-10-28)29(22)11-12-29/h6-8,13,16,18,22H,9-12,14-15,17H2,1-5H3,(H,33,37)/t18-/m0/s1. The van der Waals surface area contributed by atoms with Crippen LogP contribution in [0, 0.1) is 29.6 Å². The van der Waals surface area contributed by atoms with Gasteiger partial charge in [-0.3, -0.25) is 9.48 Å². The van der Waals surface area contributed by atoms with Crippen molar-refractivity contribution in [3.05, 3.63) is 41.9 Å². The number of carbonyl (C=O) groups excluding carboxylic acids is 1. The predicted molar refractivity (Wildman–Crippen MR) is 151 cm³/mol. The zero-order valence-electron chi connectivity index (χ0n) is 24.2. The molecule has 4 aliphatic rings. The molecule has 0 aromatic carbocycles. The number of aromatic nitrogens is 5. The number of carbonyl (C=O) groups is 1. The number of pyridine rings is 1. The number of anilines is 1. The lowest BCUT2D eigenvalue weighted by Gasteiger charge is -2.34. The second kappa shape index (κ2) is 8.56. The molecule has 7 rings (SSSR count). The van der Waals surface area contributed by atoms with Crippen molar-refractivity contribution in [3.8, 4) is 11.7 Å². The van der Waals surface area contributed by atoms with Gasteiger partial charge in [0.1, 0.15) is 10.7 Å². The lowest BCUT2D eigenvalue weighted by atomic mass is 9.97. The number of hydrogen-bond acceptors (Lipinski definition) is 8. The third kappa shape index (κ3) is 4.16. The van der Waals surface area contributed by atoms with E-state index in [0.717, 1.165) is 6.42 Å². The van der Waals surface area contributed by atoms with Crippen molar-refractivity contribution in [2.75, 3.05) is 18.1 Å². The van der Waals surface area contributed by atoms with E-state index in [9.17, 15) is 13.2 Å². The van der Waals surface area contributed by atoms with Crippen LogP contribution in [-0.2, 0) is 17.1 Å². The molecule has 12 heteroatoms. The van der Waals surface area contributed by atoms with Gasteiger partial charge in [-0.15, -0.1) is 5.10 Å². The molecule has 41 heavy (non-hydrogen) atoms. The zero-order chi connectivity index (χ0) is 28.9. The minimum Gasteiger partial charge on any atom is -0.476 e. The van der Waals surface area contributed by atoms with E-state index in [4.69, 9.17) is 9.72 Å². The third-order valence-corrected chi connectivity index (χ3v) is 11.4. The molecule has 0 unspecified atom stereocenters. The van der Waals surface area contributed by atoms with E-state index in [2.05, 4.69) is 40.6 Å². The van der Waals surface area contributed by atoms with Gasteiger partial charge in [-0.1, -0.05) is 6.92 Å². The highest BCUT2D eigenvalue weighted by Gasteiger charge is 2.86. The van der Waals surface area contributed by atoms with E-state index in [1.807, 2.05) is 6.07 Å². The highest BCUT2D eigenvalue weighted by atomic mass is 32.2. The number of aryl methyl sites for hydroxylation is 2. The molecule has 1 atom stereocenters. The number of fused-ring (bicyclic) bond motifs is 1. The van der Waals surface area contributed by atoms with Gasteiger partial charge >= 0.3 is 0 Å². The van der Waals surface area contributed by atoms with Crippen LogP contribution in [0.3, 0.4) is 0 Å². The van der Waals surface area contributed by atoms with Gasteiger partial charge in [0.05, 0.1) is 17.9 Å². The van der Waals surface area contributed by atoms with Gasteiger partial charge in [0, 0.05) is 43.5 Å². The first-order valence-corrected chi connectivity index (χ1v) is 15.9. The van der Waals surface area contributed by atoms with Gasteiger partial charge in [0.25, 0.3) is 15.9 Å². The molecule has 0 bridgehead atoms. The molecule has 1 N–H and O–H groups in total. The number of hydrogen-bond donors (Lipinski definition) is 1. The maximum Gasteiger partial charge on any atom is 0.268 e. The summed E-state index contributed by atoms with van der Waals surface area (Å²) in [6, 6.07) is 5.15. The Morgan fingerprint density at radius 3 is 2.41 bits per heavy atom. The number of nitrogens with one attached hydrogen (secondary N) is 1. The summed E-state index contributed by atoms with van der Waals surface area (Å²) in [6.45, 7) is 9.37. The largest absolute Gasteiger partial charge is 0.476 e. The van der Waals surface area contributed by atoms with Gasteiger partial charge in [-0.25, -0.2) is 22.8 Å². The highest BCUT2D eigenvalue weighted by molar-refractivity contribution is 7.90. The Balaban J connectivity index is 1.16. The van der Waals surface area contributed by atoms with Crippen LogP contribution in [-0.4, -0.2) is 57.6 Å². The Bertz CT molecular complexity index is 1650. The average Bonchev–Trinajstić information content (AvgIpc) is 3.83. The first-order chi connectivity index (χ1) is 19.4. The van der Waals surface area contributed by atoms with E-state index in [1.54, 1.807) is 37.0 Å². The molecular weight excluding hydrogens is 542 g/mol. The quantitative estimate of drug-likeness (QED) is 0.429. The summed E-state index contributed by atoms with van der Waals surface area (Å²) in [5.74, 6) is 1.81. The lowest BCUT2D eigenvalue weighted by molar-refractivity contribution is 0.0981. The fraction of sp³-hybridized carbons (Fsp3) is 0.586. The summed E-state index contributed by atoms with van der Waals surface area (Å²) in [5.41, 5.74) is 1.37. The monoisotopic (exact) mass is 579 g/mol. The Morgan fingerprint density at radius 1 is 1.12 bits per heavy atom. The molecule has 1 amide bonds. The van der Waals surface area contributed by atoms with E-state index in [0.29, 0.717) is 59.0 Å². The molecule has 218 valence electrons. The van der Waals surface area contributed by atoms with Gasteiger partial charge in [0.15, 0.2) is 5.82 Å². The van der Waals surface area contributed by atoms with Crippen LogP contribution in [0.1, 0.15) is 68.9 Å². The summed E-state index contributed by atoms with van der Waals surface area (Å²) >= 11 is 0. The van der Waals surface area contributed by atoms with Crippen LogP contribution < -0.4 is 14.4 Å². The van der Waals surface area contributed by atoms with E-state index < -0.39 is 15.9 Å². The van der Waals surface area contributed by atoms with E-state index in [-0.39, 0.29) is 16.0 Å². The maximum absolute atomic E-state index is 13.5. The second-order valence-corrected chi connectivity index (χ2v) is 14.9. The highest BCUT2D eigenvalue weighted by Crippen LogP contribution is 2.92. The Morgan fingerprint density at radius 2 is 1.83 bits per heavy atom. The average molecular weight is 580 g/mol. The van der Waals surface area contributed by atoms with Crippen LogP contribution in [0.2, 0.25) is 0 Å². The van der Waals surface area contributed by atoms with Crippen molar-refractivity contribution >= 4 is 21.7 Å². The number of sulfonamides is 1. The summed E-state index contributed by atoms with van der Waals surface area (Å²) in [6.07, 6.45) is 9.48. The van der Waals surface area contributed by atoms with Crippen LogP contribution in [0.15, 0.2) is 35.5 Å². The summed E-state index contributed by atoms with van der Waals surface area (Å²) in [7, 11) is -2.50. The topological polar surface area (TPSA) is 124 Å². The van der Waals surface area contributed by atoms with Crippen molar-refractivity contribution in [1.82, 2.24) is 29.3 Å². The molecule has 1 saturated heterocycles. The number of nitrogens with zero attached hydrogens (tertiary/aromatic N) is 6. The number of rotatable bonds is 8. The van der Waals surface area contributed by atoms with E-state index >= 15 is 0 Å². The smallest absolute Gasteiger partial charge is 0.268 e. The lowest BCUT2D eigenvalue weighted by Crippen LogP contribution is -2.41. The Hall–Kier alpha value is -3.41. The summed E-state index contributed by atoms with van der Waals surface area (Å²) < 4.78 is 37.6. The Labute approximate surface area is 240 Å². The summed E-state index contributed by atoms with van der Waals surface area (Å²) in [5, 5.41) is 8.73. The van der Waals surface area contributed by atoms with Crippen LogP contribution in [0.5, 0.6) is 5.88 Å². The van der Waals surface area contributed by atoms with Gasteiger partial charge in [-0.05, 0) is 81.8 Å². The van der Waals surface area contributed by atoms with E-state index in [1.165, 1.54) is 36.6 Å². The van der Waals surface area contributed by atoms with Gasteiger partial charge in [0.2, 0.25) is 5.88 Å². The second-order valence-electron chi connectivity index (χ2n) is 13.2. The molecular formula is C29H37N7O4S. The molecule has 3 aromatic rings. The SMILES string of the molecule is Cc1nn(C)cc1S(=O)(=O)NC(=O)c1ccc(-n2ccc(OCC3C4(CC4)C34CC4)n2)nc1N1C[C@@H](C)CC1(C)C. The fourth-order valence-electron chi connectivity index (χ4n) is 7.78. The van der Waals surface area contributed by atoms with Crippen LogP contribution in [0.25, 0.3) is 5.82 Å². The molecule has 4 fully saturated rings. The van der Waals surface area contributed by atoms with Crippen molar-refractivity contribution in [2.45, 2.75) is 70.2 Å². The summed E-state index contributed by atoms with van der Waals surface area (Å²) in [4.78, 5) is 20.5. The van der Waals surface area contributed by atoms with Crippen molar-refractivity contribution < 1.29 is 17.9 Å². The molecule has 1 aliphatic heterocycles. The Kier molecular flexibility index (Phi) is 5.53. The van der Waals surface area contributed by atoms with Crippen molar-refractivity contribution in [3.63, 3.8) is 0 Å². The third-order valence-electron chi connectivity index (χ3n) is 9.94. The first-order valence-electron chi connectivity index (χ1n) is 14.4. The molecule has 2 spiro atoms. The molecule has 4 heterocycles. The van der Waals surface area contributed by atoms with Crippen molar-refractivity contribution in [2.24, 2.45) is 29.7 Å². The number of amides is 1.